The monoisotopic (exact) mass is 443 g/mol. The maximum Gasteiger partial charge on any atom is 0.191 e. The Morgan fingerprint density at radius 1 is 1.23 bits per heavy atom. The molecule has 0 radical (unpaired) electrons. The Morgan fingerprint density at radius 2 is 2.03 bits per heavy atom. The van der Waals surface area contributed by atoms with E-state index < -0.39 is 0 Å². The highest BCUT2D eigenvalue weighted by atomic mass is 32.1. The average Bonchev–Trinajstić information content (AvgIpc) is 3.21. The highest BCUT2D eigenvalue weighted by Gasteiger charge is 2.22. The molecular formula is C23H33N5O2S. The molecule has 1 fully saturated rings. The first-order chi connectivity index (χ1) is 15.2. The third-order valence-electron chi connectivity index (χ3n) is 5.68. The third-order valence-corrected chi connectivity index (χ3v) is 6.50. The van der Waals surface area contributed by atoms with Gasteiger partial charge in [-0.15, -0.1) is 11.3 Å². The van der Waals surface area contributed by atoms with E-state index in [1.165, 1.54) is 18.5 Å². The quantitative estimate of drug-likeness (QED) is 0.506. The van der Waals surface area contributed by atoms with Gasteiger partial charge in [0.1, 0.15) is 12.7 Å². The number of likely N-dealkylation sites (tertiary alicyclic amines) is 1. The smallest absolute Gasteiger partial charge is 0.191 e. The number of guanidine groups is 1. The molecule has 1 aromatic carbocycles. The maximum absolute atomic E-state index is 6.04. The summed E-state index contributed by atoms with van der Waals surface area (Å²) in [5.41, 5.74) is 1.20. The lowest BCUT2D eigenvalue weighted by Crippen LogP contribution is -2.45. The van der Waals surface area contributed by atoms with E-state index in [4.69, 9.17) is 14.5 Å². The van der Waals surface area contributed by atoms with Gasteiger partial charge in [-0.05, 0) is 57.8 Å². The van der Waals surface area contributed by atoms with Gasteiger partial charge < -0.3 is 20.1 Å². The van der Waals surface area contributed by atoms with Crippen molar-refractivity contribution in [1.29, 1.82) is 0 Å². The number of aliphatic imine (C=N–C) groups is 1. The van der Waals surface area contributed by atoms with E-state index in [1.807, 2.05) is 24.3 Å². The summed E-state index contributed by atoms with van der Waals surface area (Å²) in [7, 11) is 0. The SMILES string of the molecule is CCNC(=NCC1CCN(Cc2csc(C)n2)CC1)NCC1COc2ccccc2O1. The van der Waals surface area contributed by atoms with Crippen molar-refractivity contribution in [2.75, 3.05) is 39.3 Å². The highest BCUT2D eigenvalue weighted by molar-refractivity contribution is 7.09. The second kappa shape index (κ2) is 10.8. The van der Waals surface area contributed by atoms with Gasteiger partial charge in [-0.25, -0.2) is 4.98 Å². The molecule has 2 aliphatic heterocycles. The minimum Gasteiger partial charge on any atom is -0.486 e. The number of fused-ring (bicyclic) bond motifs is 1. The fraction of sp³-hybridized carbons (Fsp3) is 0.565. The van der Waals surface area contributed by atoms with Crippen molar-refractivity contribution in [2.24, 2.45) is 10.9 Å². The van der Waals surface area contributed by atoms with Crippen LogP contribution in [0.3, 0.4) is 0 Å². The summed E-state index contributed by atoms with van der Waals surface area (Å²) in [6.07, 6.45) is 2.33. The number of thiazole rings is 1. The molecule has 2 aliphatic rings. The van der Waals surface area contributed by atoms with E-state index in [2.05, 4.69) is 39.7 Å². The molecule has 0 spiro atoms. The first-order valence-electron chi connectivity index (χ1n) is 11.2. The van der Waals surface area contributed by atoms with E-state index in [1.54, 1.807) is 11.3 Å². The molecule has 0 amide bonds. The van der Waals surface area contributed by atoms with Gasteiger partial charge in [0.15, 0.2) is 17.5 Å². The maximum atomic E-state index is 6.04. The van der Waals surface area contributed by atoms with Gasteiger partial charge in [0, 0.05) is 25.0 Å². The van der Waals surface area contributed by atoms with E-state index in [-0.39, 0.29) is 6.10 Å². The molecule has 3 heterocycles. The van der Waals surface area contributed by atoms with Gasteiger partial charge in [-0.2, -0.15) is 0 Å². The van der Waals surface area contributed by atoms with Gasteiger partial charge in [0.05, 0.1) is 17.2 Å². The lowest BCUT2D eigenvalue weighted by atomic mass is 9.97. The summed E-state index contributed by atoms with van der Waals surface area (Å²) < 4.78 is 11.8. The van der Waals surface area contributed by atoms with Crippen molar-refractivity contribution in [3.8, 4) is 11.5 Å². The molecule has 0 aliphatic carbocycles. The van der Waals surface area contributed by atoms with Crippen molar-refractivity contribution in [1.82, 2.24) is 20.5 Å². The number of benzene rings is 1. The van der Waals surface area contributed by atoms with Gasteiger partial charge in [0.25, 0.3) is 0 Å². The van der Waals surface area contributed by atoms with Crippen LogP contribution in [0.5, 0.6) is 11.5 Å². The summed E-state index contributed by atoms with van der Waals surface area (Å²) in [4.78, 5) is 12.0. The number of aromatic nitrogens is 1. The fourth-order valence-corrected chi connectivity index (χ4v) is 4.58. The number of hydrogen-bond acceptors (Lipinski definition) is 6. The van der Waals surface area contributed by atoms with Crippen LogP contribution in [0.25, 0.3) is 0 Å². The number of aryl methyl sites for hydroxylation is 1. The molecule has 1 aromatic heterocycles. The first kappa shape index (κ1) is 21.9. The van der Waals surface area contributed by atoms with Crippen LogP contribution in [0, 0.1) is 12.8 Å². The standard InChI is InChI=1S/C23H33N5O2S/c1-3-24-23(26-13-20-15-29-21-6-4-5-7-22(21)30-20)25-12-18-8-10-28(11-9-18)14-19-16-31-17(2)27-19/h4-7,16,18,20H,3,8-15H2,1-2H3,(H2,24,25,26). The van der Waals surface area contributed by atoms with Crippen LogP contribution >= 0.6 is 11.3 Å². The van der Waals surface area contributed by atoms with E-state index in [0.717, 1.165) is 55.2 Å². The summed E-state index contributed by atoms with van der Waals surface area (Å²) in [6.45, 7) is 10.3. The minimum atomic E-state index is -0.0312. The number of piperidine rings is 1. The summed E-state index contributed by atoms with van der Waals surface area (Å²) >= 11 is 1.73. The van der Waals surface area contributed by atoms with Gasteiger partial charge in [-0.1, -0.05) is 12.1 Å². The van der Waals surface area contributed by atoms with Crippen LogP contribution in [0.1, 0.15) is 30.5 Å². The van der Waals surface area contributed by atoms with Crippen LogP contribution in [0.15, 0.2) is 34.6 Å². The Morgan fingerprint density at radius 3 is 2.77 bits per heavy atom. The van der Waals surface area contributed by atoms with Crippen molar-refractivity contribution < 1.29 is 9.47 Å². The topological polar surface area (TPSA) is 71.0 Å². The molecule has 7 nitrogen and oxygen atoms in total. The summed E-state index contributed by atoms with van der Waals surface area (Å²) in [5, 5.41) is 10.1. The Hall–Kier alpha value is -2.32. The number of para-hydroxylation sites is 2. The molecule has 1 unspecified atom stereocenters. The zero-order valence-electron chi connectivity index (χ0n) is 18.5. The zero-order chi connectivity index (χ0) is 21.5. The number of hydrogen-bond donors (Lipinski definition) is 2. The number of nitrogens with zero attached hydrogens (tertiary/aromatic N) is 3. The van der Waals surface area contributed by atoms with E-state index in [0.29, 0.717) is 19.1 Å². The summed E-state index contributed by atoms with van der Waals surface area (Å²) in [6, 6.07) is 7.81. The van der Waals surface area contributed by atoms with E-state index in [9.17, 15) is 0 Å². The molecule has 0 bridgehead atoms. The molecule has 8 heteroatoms. The van der Waals surface area contributed by atoms with Crippen LogP contribution in [-0.4, -0.2) is 61.3 Å². The highest BCUT2D eigenvalue weighted by Crippen LogP contribution is 2.30. The van der Waals surface area contributed by atoms with Gasteiger partial charge >= 0.3 is 0 Å². The van der Waals surface area contributed by atoms with Crippen molar-refractivity contribution in [2.45, 2.75) is 39.3 Å². The minimum absolute atomic E-state index is 0.0312. The number of rotatable bonds is 7. The second-order valence-electron chi connectivity index (χ2n) is 8.18. The normalized spacial score (nSPS) is 19.9. The predicted octanol–water partition coefficient (Wildman–Crippen LogP) is 3.06. The van der Waals surface area contributed by atoms with Crippen LogP contribution in [-0.2, 0) is 6.54 Å². The van der Waals surface area contributed by atoms with E-state index >= 15 is 0 Å². The van der Waals surface area contributed by atoms with Crippen LogP contribution in [0.2, 0.25) is 0 Å². The Kier molecular flexibility index (Phi) is 7.64. The molecule has 168 valence electrons. The molecule has 4 rings (SSSR count). The third kappa shape index (κ3) is 6.33. The zero-order valence-corrected chi connectivity index (χ0v) is 19.3. The Labute approximate surface area is 188 Å². The second-order valence-corrected chi connectivity index (χ2v) is 9.24. The lowest BCUT2D eigenvalue weighted by Gasteiger charge is -2.31. The predicted molar refractivity (Wildman–Crippen MR) is 125 cm³/mol. The fourth-order valence-electron chi connectivity index (χ4n) is 3.97. The Balaban J connectivity index is 1.21. The van der Waals surface area contributed by atoms with Gasteiger partial charge in [-0.3, -0.25) is 9.89 Å². The molecule has 0 saturated carbocycles. The van der Waals surface area contributed by atoms with Gasteiger partial charge in [0.2, 0.25) is 0 Å². The average molecular weight is 444 g/mol. The molecule has 2 N–H and O–H groups in total. The molecule has 1 saturated heterocycles. The number of nitrogens with one attached hydrogen (secondary N) is 2. The first-order valence-corrected chi connectivity index (χ1v) is 12.1. The van der Waals surface area contributed by atoms with Crippen molar-refractivity contribution >= 4 is 17.3 Å². The largest absolute Gasteiger partial charge is 0.486 e. The summed E-state index contributed by atoms with van der Waals surface area (Å²) in [5.74, 6) is 3.10. The van der Waals surface area contributed by atoms with Crippen LogP contribution in [0.4, 0.5) is 0 Å². The molecular weight excluding hydrogens is 410 g/mol. The molecule has 31 heavy (non-hydrogen) atoms. The number of ether oxygens (including phenoxy) is 2. The Bertz CT molecular complexity index is 863. The molecule has 2 aromatic rings. The van der Waals surface area contributed by atoms with Crippen LogP contribution < -0.4 is 20.1 Å². The van der Waals surface area contributed by atoms with Crippen molar-refractivity contribution in [3.05, 3.63) is 40.3 Å². The van der Waals surface area contributed by atoms with Crippen molar-refractivity contribution in [3.63, 3.8) is 0 Å². The molecule has 1 atom stereocenters. The lowest BCUT2D eigenvalue weighted by molar-refractivity contribution is 0.0936.